The zero-order chi connectivity index (χ0) is 21.7. The normalized spacial score (nSPS) is 16.8. The zero-order valence-electron chi connectivity index (χ0n) is 16.5. The number of likely N-dealkylation sites (tertiary alicyclic amines) is 1. The first-order valence-corrected chi connectivity index (χ1v) is 11.0. The quantitative estimate of drug-likeness (QED) is 0.568. The lowest BCUT2D eigenvalue weighted by atomic mass is 10.1. The standard InChI is InChI=1S/C20H23BrClN5O3/c1-2-10-27-11-6-5-9-14(20(27)30)23-19(29)16-15(21)17(26-25-16)24-18(28)12-7-3-4-8-13(12)22/h3-4,7-8,14H,2,5-6,9-11H2,1H3,(H,23,29)(H2,24,25,26,28). The van der Waals surface area contributed by atoms with E-state index in [-0.39, 0.29) is 17.4 Å². The summed E-state index contributed by atoms with van der Waals surface area (Å²) in [6.07, 6.45) is 3.23. The first-order valence-electron chi connectivity index (χ1n) is 9.81. The molecule has 2 aromatic rings. The molecular formula is C20H23BrClN5O3. The summed E-state index contributed by atoms with van der Waals surface area (Å²) in [5.74, 6) is -0.773. The Kier molecular flexibility index (Phi) is 7.49. The molecule has 30 heavy (non-hydrogen) atoms. The van der Waals surface area contributed by atoms with E-state index in [4.69, 9.17) is 11.6 Å². The minimum Gasteiger partial charge on any atom is -0.341 e. The molecule has 0 bridgehead atoms. The Bertz CT molecular complexity index is 948. The van der Waals surface area contributed by atoms with Gasteiger partial charge in [-0.2, -0.15) is 5.10 Å². The Balaban J connectivity index is 1.70. The molecule has 2 heterocycles. The molecule has 1 aromatic carbocycles. The molecule has 3 rings (SSSR count). The number of nitrogens with zero attached hydrogens (tertiary/aromatic N) is 2. The molecule has 0 radical (unpaired) electrons. The average molecular weight is 497 g/mol. The fourth-order valence-corrected chi connectivity index (χ4v) is 4.02. The van der Waals surface area contributed by atoms with Crippen molar-refractivity contribution in [1.82, 2.24) is 20.4 Å². The lowest BCUT2D eigenvalue weighted by Crippen LogP contribution is -2.47. The van der Waals surface area contributed by atoms with Gasteiger partial charge in [0.2, 0.25) is 5.91 Å². The molecule has 1 aliphatic heterocycles. The van der Waals surface area contributed by atoms with Crippen LogP contribution < -0.4 is 10.6 Å². The Morgan fingerprint density at radius 2 is 2.07 bits per heavy atom. The third-order valence-corrected chi connectivity index (χ3v) is 5.96. The predicted molar refractivity (Wildman–Crippen MR) is 118 cm³/mol. The highest BCUT2D eigenvalue weighted by atomic mass is 79.9. The van der Waals surface area contributed by atoms with E-state index in [1.54, 1.807) is 29.2 Å². The summed E-state index contributed by atoms with van der Waals surface area (Å²) in [6.45, 7) is 3.41. The molecule has 1 fully saturated rings. The smallest absolute Gasteiger partial charge is 0.273 e. The van der Waals surface area contributed by atoms with Crippen LogP contribution in [0.5, 0.6) is 0 Å². The summed E-state index contributed by atoms with van der Waals surface area (Å²) < 4.78 is 0.298. The number of carbonyl (C=O) groups excluding carboxylic acids is 3. The van der Waals surface area contributed by atoms with Gasteiger partial charge in [-0.1, -0.05) is 30.7 Å². The highest BCUT2D eigenvalue weighted by Crippen LogP contribution is 2.25. The van der Waals surface area contributed by atoms with E-state index in [1.807, 2.05) is 6.92 Å². The van der Waals surface area contributed by atoms with Crippen molar-refractivity contribution in [3.63, 3.8) is 0 Å². The monoisotopic (exact) mass is 495 g/mol. The summed E-state index contributed by atoms with van der Waals surface area (Å²) in [6, 6.07) is 6.05. The number of aromatic nitrogens is 2. The number of aromatic amines is 1. The topological polar surface area (TPSA) is 107 Å². The first-order chi connectivity index (χ1) is 14.4. The van der Waals surface area contributed by atoms with Crippen molar-refractivity contribution in [2.45, 2.75) is 38.6 Å². The average Bonchev–Trinajstić information content (AvgIpc) is 3.00. The number of anilines is 1. The van der Waals surface area contributed by atoms with E-state index in [0.717, 1.165) is 19.3 Å². The molecule has 0 saturated carbocycles. The van der Waals surface area contributed by atoms with Crippen molar-refractivity contribution >= 4 is 51.1 Å². The Hall–Kier alpha value is -2.39. The number of rotatable bonds is 6. The van der Waals surface area contributed by atoms with Gasteiger partial charge in [0.1, 0.15) is 11.9 Å². The zero-order valence-corrected chi connectivity index (χ0v) is 18.8. The molecule has 1 atom stereocenters. The van der Waals surface area contributed by atoms with Crippen molar-refractivity contribution in [2.75, 3.05) is 18.4 Å². The maximum absolute atomic E-state index is 12.8. The van der Waals surface area contributed by atoms with Gasteiger partial charge in [-0.15, -0.1) is 0 Å². The van der Waals surface area contributed by atoms with Crippen LogP contribution in [0.15, 0.2) is 28.7 Å². The van der Waals surface area contributed by atoms with E-state index in [2.05, 4.69) is 36.8 Å². The minimum absolute atomic E-state index is 0.0588. The Labute approximate surface area is 187 Å². The second-order valence-corrected chi connectivity index (χ2v) is 8.24. The van der Waals surface area contributed by atoms with Gasteiger partial charge < -0.3 is 15.5 Å². The molecule has 0 aliphatic carbocycles. The molecule has 160 valence electrons. The fourth-order valence-electron chi connectivity index (χ4n) is 3.35. The molecule has 3 N–H and O–H groups in total. The van der Waals surface area contributed by atoms with Gasteiger partial charge >= 0.3 is 0 Å². The Morgan fingerprint density at radius 3 is 2.80 bits per heavy atom. The van der Waals surface area contributed by atoms with Crippen molar-refractivity contribution in [1.29, 1.82) is 0 Å². The van der Waals surface area contributed by atoms with E-state index in [9.17, 15) is 14.4 Å². The Morgan fingerprint density at radius 1 is 1.30 bits per heavy atom. The molecule has 1 saturated heterocycles. The number of hydrogen-bond donors (Lipinski definition) is 3. The number of halogens is 2. The molecular weight excluding hydrogens is 474 g/mol. The maximum Gasteiger partial charge on any atom is 0.273 e. The van der Waals surface area contributed by atoms with Crippen LogP contribution in [0.1, 0.15) is 53.5 Å². The van der Waals surface area contributed by atoms with E-state index < -0.39 is 17.9 Å². The maximum atomic E-state index is 12.8. The SMILES string of the molecule is CCCN1CCCCC(NC(=O)c2n[nH]c(NC(=O)c3ccccc3Cl)c2Br)C1=O. The van der Waals surface area contributed by atoms with Crippen LogP contribution in [0.2, 0.25) is 5.02 Å². The van der Waals surface area contributed by atoms with Gasteiger partial charge in [-0.3, -0.25) is 19.5 Å². The van der Waals surface area contributed by atoms with E-state index >= 15 is 0 Å². The summed E-state index contributed by atoms with van der Waals surface area (Å²) in [7, 11) is 0. The highest BCUT2D eigenvalue weighted by Gasteiger charge is 2.30. The fraction of sp³-hybridized carbons (Fsp3) is 0.400. The predicted octanol–water partition coefficient (Wildman–Crippen LogP) is 3.60. The van der Waals surface area contributed by atoms with Gasteiger partial charge in [0.25, 0.3) is 11.8 Å². The van der Waals surface area contributed by atoms with Gasteiger partial charge in [0.15, 0.2) is 5.69 Å². The summed E-state index contributed by atoms with van der Waals surface area (Å²) in [4.78, 5) is 39.7. The number of amides is 3. The molecule has 10 heteroatoms. The van der Waals surface area contributed by atoms with Crippen LogP contribution in [-0.4, -0.2) is 52.0 Å². The summed E-state index contributed by atoms with van der Waals surface area (Å²) in [5.41, 5.74) is 0.357. The molecule has 1 unspecified atom stereocenters. The third-order valence-electron chi connectivity index (χ3n) is 4.86. The van der Waals surface area contributed by atoms with Crippen molar-refractivity contribution in [3.8, 4) is 0 Å². The van der Waals surface area contributed by atoms with Gasteiger partial charge in [-0.05, 0) is 53.7 Å². The van der Waals surface area contributed by atoms with Crippen molar-refractivity contribution in [3.05, 3.63) is 45.0 Å². The van der Waals surface area contributed by atoms with Crippen LogP contribution in [0.3, 0.4) is 0 Å². The molecule has 8 nitrogen and oxygen atoms in total. The molecule has 0 spiro atoms. The van der Waals surface area contributed by atoms with Crippen LogP contribution >= 0.6 is 27.5 Å². The lowest BCUT2D eigenvalue weighted by Gasteiger charge is -2.24. The number of benzene rings is 1. The van der Waals surface area contributed by atoms with Crippen LogP contribution in [0.4, 0.5) is 5.82 Å². The first kappa shape index (κ1) is 22.3. The van der Waals surface area contributed by atoms with Crippen LogP contribution in [0.25, 0.3) is 0 Å². The number of H-pyrrole nitrogens is 1. The number of nitrogens with one attached hydrogen (secondary N) is 3. The minimum atomic E-state index is -0.587. The second-order valence-electron chi connectivity index (χ2n) is 7.04. The number of hydrogen-bond acceptors (Lipinski definition) is 4. The lowest BCUT2D eigenvalue weighted by molar-refractivity contribution is -0.132. The molecule has 1 aromatic heterocycles. The molecule has 3 amide bonds. The van der Waals surface area contributed by atoms with Gasteiger partial charge in [0.05, 0.1) is 15.1 Å². The summed E-state index contributed by atoms with van der Waals surface area (Å²) >= 11 is 9.36. The van der Waals surface area contributed by atoms with E-state index in [0.29, 0.717) is 34.6 Å². The molecule has 1 aliphatic rings. The third kappa shape index (κ3) is 5.02. The van der Waals surface area contributed by atoms with Crippen LogP contribution in [0, 0.1) is 0 Å². The summed E-state index contributed by atoms with van der Waals surface area (Å²) in [5, 5.41) is 12.4. The van der Waals surface area contributed by atoms with Crippen molar-refractivity contribution < 1.29 is 14.4 Å². The largest absolute Gasteiger partial charge is 0.341 e. The number of carbonyl (C=O) groups is 3. The van der Waals surface area contributed by atoms with Crippen molar-refractivity contribution in [2.24, 2.45) is 0 Å². The van der Waals surface area contributed by atoms with Gasteiger partial charge in [-0.25, -0.2) is 0 Å². The van der Waals surface area contributed by atoms with E-state index in [1.165, 1.54) is 0 Å². The highest BCUT2D eigenvalue weighted by molar-refractivity contribution is 9.10. The second kappa shape index (κ2) is 10.1. The van der Waals surface area contributed by atoms with Gasteiger partial charge in [0, 0.05) is 13.1 Å². The van der Waals surface area contributed by atoms with Crippen LogP contribution in [-0.2, 0) is 4.79 Å².